The van der Waals surface area contributed by atoms with Crippen LogP contribution in [0.2, 0.25) is 0 Å². The number of pyridine rings is 1. The van der Waals surface area contributed by atoms with Gasteiger partial charge in [0.15, 0.2) is 23.3 Å². The standard InChI is InChI=1S/C12H17F2N3/c1-7-4-3-5-10(7)16-12-9(14)6-8(13)11(15-2)17-12/h6-7,10H,3-5H2,1-2H3,(H2,15,16,17). The number of nitrogens with zero attached hydrogens (tertiary/aromatic N) is 1. The van der Waals surface area contributed by atoms with Crippen LogP contribution in [0.4, 0.5) is 20.4 Å². The van der Waals surface area contributed by atoms with Gasteiger partial charge in [-0.2, -0.15) is 0 Å². The summed E-state index contributed by atoms with van der Waals surface area (Å²) < 4.78 is 26.8. The number of hydrogen-bond acceptors (Lipinski definition) is 3. The van der Waals surface area contributed by atoms with Gasteiger partial charge in [-0.25, -0.2) is 13.8 Å². The minimum absolute atomic E-state index is 0.0690. The van der Waals surface area contributed by atoms with E-state index in [2.05, 4.69) is 22.5 Å². The molecule has 0 aromatic carbocycles. The lowest BCUT2D eigenvalue weighted by molar-refractivity contribution is 0.541. The van der Waals surface area contributed by atoms with E-state index in [0.29, 0.717) is 5.92 Å². The van der Waals surface area contributed by atoms with Crippen molar-refractivity contribution in [2.75, 3.05) is 17.7 Å². The quantitative estimate of drug-likeness (QED) is 0.854. The molecule has 2 unspecified atom stereocenters. The highest BCUT2D eigenvalue weighted by atomic mass is 19.1. The first-order valence-corrected chi connectivity index (χ1v) is 5.92. The van der Waals surface area contributed by atoms with Gasteiger partial charge in [-0.05, 0) is 18.8 Å². The van der Waals surface area contributed by atoms with Crippen molar-refractivity contribution in [2.45, 2.75) is 32.2 Å². The Balaban J connectivity index is 2.20. The van der Waals surface area contributed by atoms with Crippen LogP contribution >= 0.6 is 0 Å². The molecule has 0 saturated heterocycles. The molecule has 3 nitrogen and oxygen atoms in total. The Morgan fingerprint density at radius 3 is 2.53 bits per heavy atom. The van der Waals surface area contributed by atoms with Crippen molar-refractivity contribution in [1.82, 2.24) is 4.98 Å². The predicted molar refractivity (Wildman–Crippen MR) is 64.1 cm³/mol. The van der Waals surface area contributed by atoms with Crippen LogP contribution in [0.25, 0.3) is 0 Å². The maximum Gasteiger partial charge on any atom is 0.168 e. The number of nitrogens with one attached hydrogen (secondary N) is 2. The fourth-order valence-corrected chi connectivity index (χ4v) is 2.28. The van der Waals surface area contributed by atoms with E-state index < -0.39 is 11.6 Å². The Kier molecular flexibility index (Phi) is 3.45. The molecule has 94 valence electrons. The molecule has 1 heterocycles. The molecule has 2 N–H and O–H groups in total. The van der Waals surface area contributed by atoms with E-state index in [4.69, 9.17) is 0 Å². The minimum Gasteiger partial charge on any atom is -0.371 e. The van der Waals surface area contributed by atoms with Crippen molar-refractivity contribution in [3.05, 3.63) is 17.7 Å². The summed E-state index contributed by atoms with van der Waals surface area (Å²) >= 11 is 0. The van der Waals surface area contributed by atoms with E-state index >= 15 is 0 Å². The number of hydrogen-bond donors (Lipinski definition) is 2. The van der Waals surface area contributed by atoms with Gasteiger partial charge in [0, 0.05) is 19.2 Å². The average Bonchev–Trinajstić information content (AvgIpc) is 2.68. The molecule has 1 aromatic heterocycles. The summed E-state index contributed by atoms with van der Waals surface area (Å²) in [4.78, 5) is 3.92. The summed E-state index contributed by atoms with van der Waals surface area (Å²) in [6.45, 7) is 2.13. The van der Waals surface area contributed by atoms with Gasteiger partial charge in [-0.1, -0.05) is 13.3 Å². The molecular formula is C12H17F2N3. The molecular weight excluding hydrogens is 224 g/mol. The van der Waals surface area contributed by atoms with E-state index in [0.717, 1.165) is 25.3 Å². The van der Waals surface area contributed by atoms with Crippen molar-refractivity contribution in [1.29, 1.82) is 0 Å². The molecule has 0 amide bonds. The van der Waals surface area contributed by atoms with Crippen LogP contribution in [0.1, 0.15) is 26.2 Å². The summed E-state index contributed by atoms with van der Waals surface area (Å²) in [6.07, 6.45) is 3.29. The third-order valence-electron chi connectivity index (χ3n) is 3.35. The first-order valence-electron chi connectivity index (χ1n) is 5.92. The van der Waals surface area contributed by atoms with Gasteiger partial charge in [0.1, 0.15) is 0 Å². The molecule has 1 fully saturated rings. The van der Waals surface area contributed by atoms with Crippen molar-refractivity contribution >= 4 is 11.6 Å². The fraction of sp³-hybridized carbons (Fsp3) is 0.583. The van der Waals surface area contributed by atoms with Crippen molar-refractivity contribution < 1.29 is 8.78 Å². The van der Waals surface area contributed by atoms with E-state index in [1.165, 1.54) is 0 Å². The van der Waals surface area contributed by atoms with E-state index in [1.54, 1.807) is 7.05 Å². The second-order valence-electron chi connectivity index (χ2n) is 4.56. The smallest absolute Gasteiger partial charge is 0.168 e. The zero-order chi connectivity index (χ0) is 12.4. The van der Waals surface area contributed by atoms with Gasteiger partial charge in [0.25, 0.3) is 0 Å². The topological polar surface area (TPSA) is 37.0 Å². The highest BCUT2D eigenvalue weighted by Crippen LogP contribution is 2.29. The van der Waals surface area contributed by atoms with Gasteiger partial charge in [0.2, 0.25) is 0 Å². The predicted octanol–water partition coefficient (Wildman–Crippen LogP) is 3.00. The zero-order valence-corrected chi connectivity index (χ0v) is 10.1. The fourth-order valence-electron chi connectivity index (χ4n) is 2.28. The Labute approximate surface area is 99.6 Å². The number of rotatable bonds is 3. The lowest BCUT2D eigenvalue weighted by atomic mass is 10.1. The molecule has 0 spiro atoms. The summed E-state index contributed by atoms with van der Waals surface area (Å²) in [6, 6.07) is 1.09. The lowest BCUT2D eigenvalue weighted by Crippen LogP contribution is -2.23. The Morgan fingerprint density at radius 2 is 1.94 bits per heavy atom. The van der Waals surface area contributed by atoms with Gasteiger partial charge in [0.05, 0.1) is 0 Å². The number of halogens is 2. The van der Waals surface area contributed by atoms with Crippen LogP contribution in [0.3, 0.4) is 0 Å². The molecule has 0 bridgehead atoms. The molecule has 1 aromatic rings. The highest BCUT2D eigenvalue weighted by molar-refractivity contribution is 5.47. The molecule has 17 heavy (non-hydrogen) atoms. The van der Waals surface area contributed by atoms with Crippen LogP contribution in [0, 0.1) is 17.6 Å². The van der Waals surface area contributed by atoms with Crippen LogP contribution in [-0.2, 0) is 0 Å². The molecule has 0 aliphatic heterocycles. The molecule has 1 saturated carbocycles. The molecule has 5 heteroatoms. The minimum atomic E-state index is -0.671. The van der Waals surface area contributed by atoms with Gasteiger partial charge in [-0.3, -0.25) is 0 Å². The van der Waals surface area contributed by atoms with Gasteiger partial charge in [-0.15, -0.1) is 0 Å². The normalized spacial score (nSPS) is 23.8. The van der Waals surface area contributed by atoms with Gasteiger partial charge < -0.3 is 10.6 Å². The second kappa shape index (κ2) is 4.85. The third-order valence-corrected chi connectivity index (χ3v) is 3.35. The van der Waals surface area contributed by atoms with Gasteiger partial charge >= 0.3 is 0 Å². The molecule has 1 aliphatic rings. The van der Waals surface area contributed by atoms with Crippen molar-refractivity contribution in [3.63, 3.8) is 0 Å². The maximum atomic E-state index is 13.6. The Morgan fingerprint density at radius 1 is 1.24 bits per heavy atom. The summed E-state index contributed by atoms with van der Waals surface area (Å²) in [5, 5.41) is 5.67. The van der Waals surface area contributed by atoms with Crippen molar-refractivity contribution in [2.24, 2.45) is 5.92 Å². The maximum absolute atomic E-state index is 13.6. The van der Waals surface area contributed by atoms with E-state index in [9.17, 15) is 8.78 Å². The van der Waals surface area contributed by atoms with Crippen molar-refractivity contribution in [3.8, 4) is 0 Å². The highest BCUT2D eigenvalue weighted by Gasteiger charge is 2.24. The van der Waals surface area contributed by atoms with Crippen LogP contribution in [-0.4, -0.2) is 18.1 Å². The molecule has 2 rings (SSSR count). The molecule has 0 radical (unpaired) electrons. The average molecular weight is 241 g/mol. The Hall–Kier alpha value is -1.39. The van der Waals surface area contributed by atoms with E-state index in [1.807, 2.05) is 0 Å². The molecule has 1 aliphatic carbocycles. The van der Waals surface area contributed by atoms with E-state index in [-0.39, 0.29) is 17.7 Å². The first kappa shape index (κ1) is 12.1. The van der Waals surface area contributed by atoms with Crippen LogP contribution in [0.5, 0.6) is 0 Å². The summed E-state index contributed by atoms with van der Waals surface area (Å²) in [5.41, 5.74) is 0. The largest absolute Gasteiger partial charge is 0.371 e. The number of anilines is 2. The lowest BCUT2D eigenvalue weighted by Gasteiger charge is -2.18. The van der Waals surface area contributed by atoms with Crippen LogP contribution in [0.15, 0.2) is 6.07 Å². The molecule has 2 atom stereocenters. The summed E-state index contributed by atoms with van der Waals surface area (Å²) in [5.74, 6) is -0.607. The monoisotopic (exact) mass is 241 g/mol. The second-order valence-corrected chi connectivity index (χ2v) is 4.56. The Bertz CT molecular complexity index is 409. The number of aromatic nitrogens is 1. The third kappa shape index (κ3) is 2.48. The SMILES string of the molecule is CNc1nc(NC2CCCC2C)c(F)cc1F. The summed E-state index contributed by atoms with van der Waals surface area (Å²) in [7, 11) is 1.56. The van der Waals surface area contributed by atoms with Crippen LogP contribution < -0.4 is 10.6 Å². The first-order chi connectivity index (χ1) is 8.11. The zero-order valence-electron chi connectivity index (χ0n) is 10.1.